The molecule has 1 aliphatic rings. The highest BCUT2D eigenvalue weighted by Gasteiger charge is 2.21. The quantitative estimate of drug-likeness (QED) is 0.617. The number of sulfonamides is 1. The number of rotatable bonds is 3. The first-order chi connectivity index (χ1) is 12.1. The minimum Gasteiger partial charge on any atom is -0.355 e. The zero-order valence-electron chi connectivity index (χ0n) is 13.9. The van der Waals surface area contributed by atoms with Crippen LogP contribution in [0, 0.1) is 5.82 Å². The summed E-state index contributed by atoms with van der Waals surface area (Å²) in [6, 6.07) is 14.0. The molecule has 4 nitrogen and oxygen atoms in total. The van der Waals surface area contributed by atoms with Crippen LogP contribution < -0.4 is 0 Å². The van der Waals surface area contributed by atoms with Crippen molar-refractivity contribution in [3.8, 4) is 0 Å². The van der Waals surface area contributed by atoms with Crippen molar-refractivity contribution < 1.29 is 12.8 Å². The molecule has 2 aromatic carbocycles. The van der Waals surface area contributed by atoms with E-state index in [0.29, 0.717) is 11.4 Å². The summed E-state index contributed by atoms with van der Waals surface area (Å²) in [4.78, 5) is 2.16. The average molecular weight is 360 g/mol. The molecule has 0 unspecified atom stereocenters. The van der Waals surface area contributed by atoms with Crippen LogP contribution in [0.2, 0.25) is 0 Å². The first-order valence-corrected chi connectivity index (χ1v) is 9.91. The van der Waals surface area contributed by atoms with E-state index in [4.69, 9.17) is 0 Å². The Morgan fingerprint density at radius 1 is 0.880 bits per heavy atom. The number of nitrogens with zero attached hydrogens (tertiary/aromatic N) is 2. The lowest BCUT2D eigenvalue weighted by molar-refractivity contribution is 0.436. The fourth-order valence-corrected chi connectivity index (χ4v) is 3.99. The standard InChI is InChI=1S/C19H21FN2O2S/c20-17-12-10-16(11-13-17)19(22-14-6-1-2-7-15-22)21-25(23,24)18-8-4-3-5-9-18/h3-5,8-13H,1-2,6-7,14-15H2/b21-19-. The predicted molar refractivity (Wildman–Crippen MR) is 96.6 cm³/mol. The summed E-state index contributed by atoms with van der Waals surface area (Å²) < 4.78 is 42.9. The van der Waals surface area contributed by atoms with Gasteiger partial charge in [0.1, 0.15) is 11.7 Å². The van der Waals surface area contributed by atoms with Crippen LogP contribution in [0.15, 0.2) is 63.9 Å². The summed E-state index contributed by atoms with van der Waals surface area (Å²) in [5, 5.41) is 0. The molecule has 2 aromatic rings. The smallest absolute Gasteiger partial charge is 0.284 e. The average Bonchev–Trinajstić information content (AvgIpc) is 2.91. The second kappa shape index (κ2) is 7.78. The Bertz CT molecular complexity index is 825. The summed E-state index contributed by atoms with van der Waals surface area (Å²) >= 11 is 0. The number of amidine groups is 1. The minimum absolute atomic E-state index is 0.157. The monoisotopic (exact) mass is 360 g/mol. The third kappa shape index (κ3) is 4.45. The summed E-state index contributed by atoms with van der Waals surface area (Å²) in [5.74, 6) is 0.0376. The second-order valence-electron chi connectivity index (χ2n) is 6.11. The van der Waals surface area contributed by atoms with Crippen LogP contribution >= 0.6 is 0 Å². The van der Waals surface area contributed by atoms with E-state index in [1.807, 2.05) is 4.90 Å². The number of halogens is 1. The first kappa shape index (κ1) is 17.6. The molecule has 0 amide bonds. The van der Waals surface area contributed by atoms with Gasteiger partial charge in [-0.15, -0.1) is 4.40 Å². The fourth-order valence-electron chi connectivity index (χ4n) is 2.93. The molecular formula is C19H21FN2O2S. The first-order valence-electron chi connectivity index (χ1n) is 8.47. The molecule has 3 rings (SSSR count). The van der Waals surface area contributed by atoms with Crippen LogP contribution in [0.25, 0.3) is 0 Å². The van der Waals surface area contributed by atoms with E-state index in [0.717, 1.165) is 38.8 Å². The Hall–Kier alpha value is -2.21. The molecule has 0 atom stereocenters. The van der Waals surface area contributed by atoms with Crippen molar-refractivity contribution in [2.75, 3.05) is 13.1 Å². The van der Waals surface area contributed by atoms with Crippen LogP contribution in [0.5, 0.6) is 0 Å². The predicted octanol–water partition coefficient (Wildman–Crippen LogP) is 3.84. The second-order valence-corrected chi connectivity index (χ2v) is 7.72. The Morgan fingerprint density at radius 2 is 1.48 bits per heavy atom. The molecule has 0 aromatic heterocycles. The third-order valence-electron chi connectivity index (χ3n) is 4.26. The SMILES string of the molecule is O=S(=O)(/N=C(/c1ccc(F)cc1)N1CCCCCC1)c1ccccc1. The van der Waals surface area contributed by atoms with Crippen molar-refractivity contribution in [3.63, 3.8) is 0 Å². The number of hydrogen-bond donors (Lipinski definition) is 0. The molecular weight excluding hydrogens is 339 g/mol. The molecule has 0 N–H and O–H groups in total. The van der Waals surface area contributed by atoms with E-state index in [-0.39, 0.29) is 10.7 Å². The zero-order chi connectivity index (χ0) is 17.7. The van der Waals surface area contributed by atoms with Crippen LogP contribution in [-0.2, 0) is 10.0 Å². The highest BCUT2D eigenvalue weighted by molar-refractivity contribution is 7.90. The molecule has 25 heavy (non-hydrogen) atoms. The van der Waals surface area contributed by atoms with Gasteiger partial charge in [0, 0.05) is 18.7 Å². The summed E-state index contributed by atoms with van der Waals surface area (Å²) in [6.45, 7) is 1.50. The summed E-state index contributed by atoms with van der Waals surface area (Å²) in [7, 11) is -3.83. The lowest BCUT2D eigenvalue weighted by Gasteiger charge is -2.24. The number of benzene rings is 2. The van der Waals surface area contributed by atoms with Crippen LogP contribution in [0.1, 0.15) is 31.2 Å². The van der Waals surface area contributed by atoms with Gasteiger partial charge < -0.3 is 4.90 Å². The molecule has 1 aliphatic heterocycles. The Morgan fingerprint density at radius 3 is 2.08 bits per heavy atom. The molecule has 1 fully saturated rings. The van der Waals surface area contributed by atoms with Crippen molar-refractivity contribution in [1.82, 2.24) is 4.90 Å². The number of likely N-dealkylation sites (tertiary alicyclic amines) is 1. The van der Waals surface area contributed by atoms with Gasteiger partial charge in [-0.05, 0) is 49.2 Å². The Balaban J connectivity index is 2.05. The van der Waals surface area contributed by atoms with Gasteiger partial charge in [0.05, 0.1) is 4.90 Å². The van der Waals surface area contributed by atoms with Crippen molar-refractivity contribution in [2.24, 2.45) is 4.40 Å². The van der Waals surface area contributed by atoms with E-state index < -0.39 is 10.0 Å². The molecule has 6 heteroatoms. The highest BCUT2D eigenvalue weighted by Crippen LogP contribution is 2.19. The van der Waals surface area contributed by atoms with E-state index in [1.54, 1.807) is 30.3 Å². The van der Waals surface area contributed by atoms with E-state index >= 15 is 0 Å². The van der Waals surface area contributed by atoms with Crippen LogP contribution in [0.4, 0.5) is 4.39 Å². The normalized spacial score (nSPS) is 16.5. The largest absolute Gasteiger partial charge is 0.355 e. The van der Waals surface area contributed by atoms with Crippen molar-refractivity contribution >= 4 is 15.9 Å². The molecule has 0 bridgehead atoms. The van der Waals surface area contributed by atoms with E-state index in [9.17, 15) is 12.8 Å². The maximum Gasteiger partial charge on any atom is 0.284 e. The van der Waals surface area contributed by atoms with Crippen molar-refractivity contribution in [2.45, 2.75) is 30.6 Å². The topological polar surface area (TPSA) is 49.7 Å². The highest BCUT2D eigenvalue weighted by atomic mass is 32.2. The van der Waals surface area contributed by atoms with Gasteiger partial charge in [-0.1, -0.05) is 31.0 Å². The Labute approximate surface area is 148 Å². The van der Waals surface area contributed by atoms with Gasteiger partial charge in [-0.3, -0.25) is 0 Å². The lowest BCUT2D eigenvalue weighted by Crippen LogP contribution is -2.33. The van der Waals surface area contributed by atoms with E-state index in [1.165, 1.54) is 24.3 Å². The van der Waals surface area contributed by atoms with Gasteiger partial charge >= 0.3 is 0 Å². The molecule has 0 aliphatic carbocycles. The van der Waals surface area contributed by atoms with Gasteiger partial charge in [0.2, 0.25) is 0 Å². The molecule has 0 radical (unpaired) electrons. The van der Waals surface area contributed by atoms with Crippen LogP contribution in [0.3, 0.4) is 0 Å². The van der Waals surface area contributed by atoms with E-state index in [2.05, 4.69) is 4.40 Å². The molecule has 1 heterocycles. The molecule has 0 spiro atoms. The van der Waals surface area contributed by atoms with Gasteiger partial charge in [-0.2, -0.15) is 8.42 Å². The zero-order valence-corrected chi connectivity index (χ0v) is 14.8. The van der Waals surface area contributed by atoms with Gasteiger partial charge in [0.15, 0.2) is 0 Å². The fraction of sp³-hybridized carbons (Fsp3) is 0.316. The molecule has 132 valence electrons. The summed E-state index contributed by atoms with van der Waals surface area (Å²) in [6.07, 6.45) is 4.23. The lowest BCUT2D eigenvalue weighted by atomic mass is 10.2. The third-order valence-corrected chi connectivity index (χ3v) is 5.54. The maximum atomic E-state index is 13.3. The van der Waals surface area contributed by atoms with Gasteiger partial charge in [0.25, 0.3) is 10.0 Å². The number of hydrogen-bond acceptors (Lipinski definition) is 2. The van der Waals surface area contributed by atoms with Crippen molar-refractivity contribution in [3.05, 3.63) is 66.0 Å². The van der Waals surface area contributed by atoms with Gasteiger partial charge in [-0.25, -0.2) is 4.39 Å². The van der Waals surface area contributed by atoms with Crippen molar-refractivity contribution in [1.29, 1.82) is 0 Å². The maximum absolute atomic E-state index is 13.3. The summed E-state index contributed by atoms with van der Waals surface area (Å²) in [5.41, 5.74) is 0.614. The molecule has 1 saturated heterocycles. The minimum atomic E-state index is -3.83. The molecule has 0 saturated carbocycles. The Kier molecular flexibility index (Phi) is 5.48. The van der Waals surface area contributed by atoms with Crippen LogP contribution in [-0.4, -0.2) is 32.2 Å².